The van der Waals surface area contributed by atoms with Gasteiger partial charge in [0.25, 0.3) is 0 Å². The Bertz CT molecular complexity index is 527. The number of nitrogens with one attached hydrogen (secondary N) is 1. The molecule has 2 aromatic rings. The van der Waals surface area contributed by atoms with Crippen LogP contribution < -0.4 is 10.1 Å². The Balaban J connectivity index is 1.92. The van der Waals surface area contributed by atoms with Crippen LogP contribution in [0, 0.1) is 0 Å². The number of ether oxygens (including phenoxy) is 1. The van der Waals surface area contributed by atoms with Crippen LogP contribution in [-0.4, -0.2) is 13.2 Å². The number of thiophene rings is 1. The standard InChI is InChI=1S/C16H20ClNOS/c1-3-18-12(2)13-6-7-16(15(17)11-13)19-9-8-14-5-4-10-20-14/h4-7,10-12,18H,3,8-9H2,1-2H3. The Labute approximate surface area is 129 Å². The van der Waals surface area contributed by atoms with Crippen LogP contribution in [0.25, 0.3) is 0 Å². The van der Waals surface area contributed by atoms with Crippen molar-refractivity contribution in [2.45, 2.75) is 26.3 Å². The lowest BCUT2D eigenvalue weighted by Crippen LogP contribution is -2.17. The van der Waals surface area contributed by atoms with Gasteiger partial charge in [0.15, 0.2) is 0 Å². The fourth-order valence-corrected chi connectivity index (χ4v) is 2.98. The van der Waals surface area contributed by atoms with Crippen molar-refractivity contribution in [3.63, 3.8) is 0 Å². The average Bonchev–Trinajstić information content (AvgIpc) is 2.94. The van der Waals surface area contributed by atoms with E-state index in [0.717, 1.165) is 18.7 Å². The van der Waals surface area contributed by atoms with Gasteiger partial charge in [0.1, 0.15) is 5.75 Å². The molecule has 0 spiro atoms. The topological polar surface area (TPSA) is 21.3 Å². The van der Waals surface area contributed by atoms with E-state index in [1.54, 1.807) is 11.3 Å². The van der Waals surface area contributed by atoms with Gasteiger partial charge in [-0.3, -0.25) is 0 Å². The first-order chi connectivity index (χ1) is 9.70. The van der Waals surface area contributed by atoms with Gasteiger partial charge in [0, 0.05) is 17.3 Å². The maximum atomic E-state index is 6.28. The van der Waals surface area contributed by atoms with E-state index in [1.807, 2.05) is 12.1 Å². The molecule has 1 aromatic heterocycles. The van der Waals surface area contributed by atoms with Gasteiger partial charge in [-0.15, -0.1) is 11.3 Å². The molecule has 0 bridgehead atoms. The molecule has 4 heteroatoms. The van der Waals surface area contributed by atoms with Crippen molar-refractivity contribution >= 4 is 22.9 Å². The third-order valence-electron chi connectivity index (χ3n) is 3.15. The van der Waals surface area contributed by atoms with E-state index >= 15 is 0 Å². The molecule has 0 aliphatic carbocycles. The van der Waals surface area contributed by atoms with Crippen molar-refractivity contribution < 1.29 is 4.74 Å². The van der Waals surface area contributed by atoms with Gasteiger partial charge in [-0.25, -0.2) is 0 Å². The zero-order valence-electron chi connectivity index (χ0n) is 11.9. The summed E-state index contributed by atoms with van der Waals surface area (Å²) in [4.78, 5) is 1.33. The van der Waals surface area contributed by atoms with E-state index in [0.29, 0.717) is 17.7 Å². The number of halogens is 1. The second-order valence-corrected chi connectivity index (χ2v) is 6.09. The largest absolute Gasteiger partial charge is 0.492 e. The summed E-state index contributed by atoms with van der Waals surface area (Å²) in [5, 5.41) is 6.13. The number of hydrogen-bond donors (Lipinski definition) is 1. The summed E-state index contributed by atoms with van der Waals surface area (Å²) >= 11 is 8.04. The Morgan fingerprint density at radius 2 is 2.20 bits per heavy atom. The molecular weight excluding hydrogens is 290 g/mol. The first-order valence-electron chi connectivity index (χ1n) is 6.88. The smallest absolute Gasteiger partial charge is 0.137 e. The van der Waals surface area contributed by atoms with Crippen molar-refractivity contribution in [3.05, 3.63) is 51.2 Å². The zero-order chi connectivity index (χ0) is 14.4. The van der Waals surface area contributed by atoms with E-state index in [2.05, 4.69) is 42.7 Å². The lowest BCUT2D eigenvalue weighted by molar-refractivity contribution is 0.323. The Kier molecular flexibility index (Phi) is 5.89. The molecule has 1 heterocycles. The molecule has 108 valence electrons. The molecule has 0 saturated carbocycles. The minimum Gasteiger partial charge on any atom is -0.492 e. The minimum atomic E-state index is 0.303. The summed E-state index contributed by atoms with van der Waals surface area (Å²) in [5.41, 5.74) is 1.18. The van der Waals surface area contributed by atoms with Gasteiger partial charge in [-0.2, -0.15) is 0 Å². The van der Waals surface area contributed by atoms with Crippen LogP contribution in [0.3, 0.4) is 0 Å². The molecule has 2 nitrogen and oxygen atoms in total. The maximum absolute atomic E-state index is 6.28. The lowest BCUT2D eigenvalue weighted by Gasteiger charge is -2.14. The van der Waals surface area contributed by atoms with Gasteiger partial charge < -0.3 is 10.1 Å². The number of hydrogen-bond acceptors (Lipinski definition) is 3. The zero-order valence-corrected chi connectivity index (χ0v) is 13.4. The van der Waals surface area contributed by atoms with Gasteiger partial charge in [-0.05, 0) is 42.6 Å². The van der Waals surface area contributed by atoms with Crippen LogP contribution in [0.1, 0.15) is 30.3 Å². The molecule has 20 heavy (non-hydrogen) atoms. The lowest BCUT2D eigenvalue weighted by atomic mass is 10.1. The molecule has 0 saturated heterocycles. The Morgan fingerprint density at radius 3 is 2.85 bits per heavy atom. The molecule has 0 aliphatic heterocycles. The van der Waals surface area contributed by atoms with Crippen LogP contribution in [0.2, 0.25) is 5.02 Å². The van der Waals surface area contributed by atoms with Crippen LogP contribution in [0.4, 0.5) is 0 Å². The highest BCUT2D eigenvalue weighted by atomic mass is 35.5. The highest BCUT2D eigenvalue weighted by Crippen LogP contribution is 2.28. The molecule has 0 fully saturated rings. The van der Waals surface area contributed by atoms with Crippen molar-refractivity contribution in [1.29, 1.82) is 0 Å². The number of benzene rings is 1. The normalized spacial score (nSPS) is 12.3. The monoisotopic (exact) mass is 309 g/mol. The summed E-state index contributed by atoms with van der Waals surface area (Å²) in [7, 11) is 0. The minimum absolute atomic E-state index is 0.303. The van der Waals surface area contributed by atoms with Gasteiger partial charge in [-0.1, -0.05) is 30.7 Å². The summed E-state index contributed by atoms with van der Waals surface area (Å²) in [6.45, 7) is 5.83. The van der Waals surface area contributed by atoms with Crippen LogP contribution in [-0.2, 0) is 6.42 Å². The molecule has 1 atom stereocenters. The Hall–Kier alpha value is -1.03. The maximum Gasteiger partial charge on any atom is 0.137 e. The highest BCUT2D eigenvalue weighted by molar-refractivity contribution is 7.09. The molecule has 1 unspecified atom stereocenters. The van der Waals surface area contributed by atoms with Crippen LogP contribution in [0.15, 0.2) is 35.7 Å². The second kappa shape index (κ2) is 7.67. The average molecular weight is 310 g/mol. The molecule has 0 radical (unpaired) electrons. The summed E-state index contributed by atoms with van der Waals surface area (Å²) < 4.78 is 5.76. The van der Waals surface area contributed by atoms with Gasteiger partial charge in [0.2, 0.25) is 0 Å². The molecule has 1 aromatic carbocycles. The third kappa shape index (κ3) is 4.23. The molecule has 0 amide bonds. The van der Waals surface area contributed by atoms with Crippen molar-refractivity contribution in [2.75, 3.05) is 13.2 Å². The van der Waals surface area contributed by atoms with E-state index in [9.17, 15) is 0 Å². The highest BCUT2D eigenvalue weighted by Gasteiger charge is 2.08. The first-order valence-corrected chi connectivity index (χ1v) is 8.14. The molecular formula is C16H20ClNOS. The summed E-state index contributed by atoms with van der Waals surface area (Å²) in [5.74, 6) is 0.760. The quantitative estimate of drug-likeness (QED) is 0.801. The van der Waals surface area contributed by atoms with Crippen LogP contribution in [0.5, 0.6) is 5.75 Å². The second-order valence-electron chi connectivity index (χ2n) is 4.65. The predicted octanol–water partition coefficient (Wildman–Crippen LogP) is 4.69. The molecule has 2 rings (SSSR count). The summed E-state index contributed by atoms with van der Waals surface area (Å²) in [6.07, 6.45) is 0.920. The van der Waals surface area contributed by atoms with E-state index in [1.165, 1.54) is 10.4 Å². The van der Waals surface area contributed by atoms with Crippen LogP contribution >= 0.6 is 22.9 Å². The van der Waals surface area contributed by atoms with E-state index in [-0.39, 0.29) is 0 Å². The Morgan fingerprint density at radius 1 is 1.35 bits per heavy atom. The van der Waals surface area contributed by atoms with Crippen molar-refractivity contribution in [2.24, 2.45) is 0 Å². The molecule has 1 N–H and O–H groups in total. The van der Waals surface area contributed by atoms with Crippen molar-refractivity contribution in [3.8, 4) is 5.75 Å². The van der Waals surface area contributed by atoms with E-state index < -0.39 is 0 Å². The first kappa shape index (κ1) is 15.4. The third-order valence-corrected chi connectivity index (χ3v) is 4.38. The van der Waals surface area contributed by atoms with Crippen molar-refractivity contribution in [1.82, 2.24) is 5.32 Å². The SMILES string of the molecule is CCNC(C)c1ccc(OCCc2cccs2)c(Cl)c1. The van der Waals surface area contributed by atoms with E-state index in [4.69, 9.17) is 16.3 Å². The predicted molar refractivity (Wildman–Crippen MR) is 87.1 cm³/mol. The van der Waals surface area contributed by atoms with Gasteiger partial charge >= 0.3 is 0 Å². The fraction of sp³-hybridized carbons (Fsp3) is 0.375. The summed E-state index contributed by atoms with van der Waals surface area (Å²) in [6, 6.07) is 10.5. The fourth-order valence-electron chi connectivity index (χ4n) is 2.04. The molecule has 0 aliphatic rings. The van der Waals surface area contributed by atoms with Gasteiger partial charge in [0.05, 0.1) is 11.6 Å². The number of rotatable bonds is 7.